The Hall–Kier alpha value is -1.18. The van der Waals surface area contributed by atoms with Gasteiger partial charge >= 0.3 is 6.09 Å². The zero-order valence-electron chi connectivity index (χ0n) is 10.7. The molecule has 0 amide bonds. The molecule has 2 heterocycles. The van der Waals surface area contributed by atoms with Gasteiger partial charge in [0.2, 0.25) is 0 Å². The summed E-state index contributed by atoms with van der Waals surface area (Å²) in [4.78, 5) is 16.4. The molecule has 0 saturated carbocycles. The Kier molecular flexibility index (Phi) is 3.31. The quantitative estimate of drug-likeness (QED) is 0.679. The number of hydrogen-bond donors (Lipinski definition) is 0. The number of halogens is 1. The first kappa shape index (κ1) is 13.3. The van der Waals surface area contributed by atoms with Crippen molar-refractivity contribution in [2.75, 3.05) is 0 Å². The molecule has 2 rings (SSSR count). The average molecular weight is 359 g/mol. The molecular weight excluding hydrogens is 345 g/mol. The predicted octanol–water partition coefficient (Wildman–Crippen LogP) is 3.13. The van der Waals surface area contributed by atoms with Crippen molar-refractivity contribution in [3.63, 3.8) is 0 Å². The molecule has 2 aromatic heterocycles. The van der Waals surface area contributed by atoms with Crippen LogP contribution in [0.25, 0.3) is 11.0 Å². The van der Waals surface area contributed by atoms with Gasteiger partial charge in [0, 0.05) is 5.69 Å². The van der Waals surface area contributed by atoms with E-state index in [1.807, 2.05) is 39.8 Å². The van der Waals surface area contributed by atoms with Crippen LogP contribution in [0.4, 0.5) is 4.79 Å². The monoisotopic (exact) mass is 359 g/mol. The number of carbonyl (C=O) groups is 1. The smallest absolute Gasteiger partial charge is 0.435 e. The molecule has 0 aromatic carbocycles. The zero-order valence-corrected chi connectivity index (χ0v) is 12.8. The third-order valence-electron chi connectivity index (χ3n) is 2.19. The van der Waals surface area contributed by atoms with Gasteiger partial charge in [-0.3, -0.25) is 0 Å². The third kappa shape index (κ3) is 2.63. The summed E-state index contributed by atoms with van der Waals surface area (Å²) in [5.74, 6) is 0. The maximum Gasteiger partial charge on any atom is 0.435 e. The normalized spacial score (nSPS) is 11.8. The zero-order chi connectivity index (χ0) is 13.5. The Morgan fingerprint density at radius 1 is 1.39 bits per heavy atom. The van der Waals surface area contributed by atoms with E-state index in [1.54, 1.807) is 0 Å². The highest BCUT2D eigenvalue weighted by molar-refractivity contribution is 14.1. The third-order valence-corrected chi connectivity index (χ3v) is 2.92. The molecule has 96 valence electrons. The van der Waals surface area contributed by atoms with Crippen LogP contribution < -0.4 is 0 Å². The molecule has 0 atom stereocenters. The molecule has 5 nitrogen and oxygen atoms in total. The highest BCUT2D eigenvalue weighted by Gasteiger charge is 2.21. The largest absolute Gasteiger partial charge is 0.442 e. The lowest BCUT2D eigenvalue weighted by Gasteiger charge is -2.19. The summed E-state index contributed by atoms with van der Waals surface area (Å²) >= 11 is 2.06. The number of rotatable bonds is 0. The van der Waals surface area contributed by atoms with Crippen molar-refractivity contribution in [1.82, 2.24) is 14.8 Å². The molecule has 0 unspecified atom stereocenters. The lowest BCUT2D eigenvalue weighted by Crippen LogP contribution is -2.27. The molecule has 0 N–H and O–H groups in total. The molecule has 0 aliphatic carbocycles. The number of hydrogen-bond acceptors (Lipinski definition) is 4. The second-order valence-electron chi connectivity index (χ2n) is 5.00. The van der Waals surface area contributed by atoms with Crippen LogP contribution in [0.5, 0.6) is 0 Å². The van der Waals surface area contributed by atoms with Gasteiger partial charge in [0.05, 0.1) is 0 Å². The van der Waals surface area contributed by atoms with Crippen molar-refractivity contribution in [2.24, 2.45) is 0 Å². The fourth-order valence-electron chi connectivity index (χ4n) is 1.51. The number of aryl methyl sites for hydroxylation is 1. The van der Waals surface area contributed by atoms with Crippen molar-refractivity contribution >= 4 is 39.7 Å². The van der Waals surface area contributed by atoms with Crippen molar-refractivity contribution in [3.8, 4) is 0 Å². The average Bonchev–Trinajstić information content (AvgIpc) is 2.54. The minimum Gasteiger partial charge on any atom is -0.442 e. The summed E-state index contributed by atoms with van der Waals surface area (Å²) in [6, 6.07) is 3.68. The van der Waals surface area contributed by atoms with E-state index in [2.05, 4.69) is 32.7 Å². The van der Waals surface area contributed by atoms with Gasteiger partial charge < -0.3 is 4.74 Å². The summed E-state index contributed by atoms with van der Waals surface area (Å²) in [5, 5.41) is 4.18. The number of nitrogens with zero attached hydrogens (tertiary/aromatic N) is 3. The van der Waals surface area contributed by atoms with E-state index < -0.39 is 11.7 Å². The fraction of sp³-hybridized carbons (Fsp3) is 0.417. The fourth-order valence-corrected chi connectivity index (χ4v) is 2.12. The Morgan fingerprint density at radius 3 is 2.67 bits per heavy atom. The van der Waals surface area contributed by atoms with Gasteiger partial charge in [-0.1, -0.05) is 0 Å². The van der Waals surface area contributed by atoms with Gasteiger partial charge in [-0.15, -0.1) is 0 Å². The standard InChI is InChI=1S/C12H14IN3O2/c1-7-5-6-8-9(14-7)10(13)15-16(8)11(17)18-12(2,3)4/h5-6H,1-4H3. The summed E-state index contributed by atoms with van der Waals surface area (Å²) in [5.41, 5.74) is 1.74. The van der Waals surface area contributed by atoms with Crippen LogP contribution in [0.2, 0.25) is 0 Å². The summed E-state index contributed by atoms with van der Waals surface area (Å²) < 4.78 is 7.26. The van der Waals surface area contributed by atoms with Gasteiger partial charge in [0.15, 0.2) is 0 Å². The molecule has 0 aliphatic rings. The lowest BCUT2D eigenvalue weighted by molar-refractivity contribution is 0.0522. The Bertz CT molecular complexity index is 614. The number of pyridine rings is 1. The molecule has 0 spiro atoms. The first-order valence-corrected chi connectivity index (χ1v) is 6.61. The molecule has 18 heavy (non-hydrogen) atoms. The first-order chi connectivity index (χ1) is 8.28. The van der Waals surface area contributed by atoms with Crippen LogP contribution in [0.3, 0.4) is 0 Å². The minimum atomic E-state index is -0.543. The molecular formula is C12H14IN3O2. The van der Waals surface area contributed by atoms with E-state index in [0.717, 1.165) is 11.2 Å². The maximum atomic E-state index is 12.0. The highest BCUT2D eigenvalue weighted by atomic mass is 127. The van der Waals surface area contributed by atoms with E-state index in [0.29, 0.717) is 9.22 Å². The second kappa shape index (κ2) is 4.49. The van der Waals surface area contributed by atoms with Crippen molar-refractivity contribution in [2.45, 2.75) is 33.3 Å². The van der Waals surface area contributed by atoms with Gasteiger partial charge in [0.1, 0.15) is 20.3 Å². The van der Waals surface area contributed by atoms with Crippen molar-refractivity contribution < 1.29 is 9.53 Å². The van der Waals surface area contributed by atoms with E-state index in [9.17, 15) is 4.79 Å². The molecule has 0 aliphatic heterocycles. The van der Waals surface area contributed by atoms with Crippen LogP contribution >= 0.6 is 22.6 Å². The van der Waals surface area contributed by atoms with Crippen LogP contribution in [0.15, 0.2) is 12.1 Å². The summed E-state index contributed by atoms with van der Waals surface area (Å²) in [6.45, 7) is 7.37. The predicted molar refractivity (Wildman–Crippen MR) is 76.6 cm³/mol. The molecule has 0 radical (unpaired) electrons. The van der Waals surface area contributed by atoms with Gasteiger partial charge in [0.25, 0.3) is 0 Å². The molecule has 0 saturated heterocycles. The van der Waals surface area contributed by atoms with Crippen LogP contribution in [-0.2, 0) is 4.74 Å². The van der Waals surface area contributed by atoms with Crippen molar-refractivity contribution in [3.05, 3.63) is 21.5 Å². The Balaban J connectivity index is 2.49. The van der Waals surface area contributed by atoms with Crippen molar-refractivity contribution in [1.29, 1.82) is 0 Å². The van der Waals surface area contributed by atoms with Crippen LogP contribution in [0.1, 0.15) is 26.5 Å². The van der Waals surface area contributed by atoms with Crippen LogP contribution in [-0.4, -0.2) is 26.5 Å². The summed E-state index contributed by atoms with van der Waals surface area (Å²) in [7, 11) is 0. The van der Waals surface area contributed by atoms with E-state index in [-0.39, 0.29) is 0 Å². The Morgan fingerprint density at radius 2 is 2.06 bits per heavy atom. The minimum absolute atomic E-state index is 0.485. The SMILES string of the molecule is Cc1ccc2c(n1)c(I)nn2C(=O)OC(C)(C)C. The van der Waals surface area contributed by atoms with Gasteiger partial charge in [-0.05, 0) is 62.4 Å². The first-order valence-electron chi connectivity index (χ1n) is 5.53. The maximum absolute atomic E-state index is 12.0. The highest BCUT2D eigenvalue weighted by Crippen LogP contribution is 2.20. The van der Waals surface area contributed by atoms with Gasteiger partial charge in [-0.2, -0.15) is 9.78 Å². The van der Waals surface area contributed by atoms with Gasteiger partial charge in [-0.25, -0.2) is 9.78 Å². The topological polar surface area (TPSA) is 57.0 Å². The number of aromatic nitrogens is 3. The van der Waals surface area contributed by atoms with Crippen LogP contribution in [0, 0.1) is 10.6 Å². The lowest BCUT2D eigenvalue weighted by atomic mass is 10.2. The Labute approximate surface area is 119 Å². The number of carbonyl (C=O) groups excluding carboxylic acids is 1. The molecule has 0 fully saturated rings. The van der Waals surface area contributed by atoms with E-state index in [1.165, 1.54) is 4.68 Å². The van der Waals surface area contributed by atoms with E-state index >= 15 is 0 Å². The second-order valence-corrected chi connectivity index (χ2v) is 6.03. The molecule has 0 bridgehead atoms. The van der Waals surface area contributed by atoms with E-state index in [4.69, 9.17) is 4.74 Å². The number of fused-ring (bicyclic) bond motifs is 1. The molecule has 6 heteroatoms. The molecule has 2 aromatic rings. The summed E-state index contributed by atoms with van der Waals surface area (Å²) in [6.07, 6.45) is -0.485. The number of ether oxygens (including phenoxy) is 1.